The van der Waals surface area contributed by atoms with E-state index in [0.717, 1.165) is 23.2 Å². The van der Waals surface area contributed by atoms with Crippen molar-refractivity contribution in [3.8, 4) is 0 Å². The Morgan fingerprint density at radius 1 is 1.15 bits per heavy atom. The third kappa shape index (κ3) is 2.45. The van der Waals surface area contributed by atoms with Gasteiger partial charge >= 0.3 is 0 Å². The van der Waals surface area contributed by atoms with Gasteiger partial charge in [0.2, 0.25) is 5.91 Å². The van der Waals surface area contributed by atoms with E-state index in [1.807, 2.05) is 42.5 Å². The maximum atomic E-state index is 12.2. The van der Waals surface area contributed by atoms with Gasteiger partial charge in [0.05, 0.1) is 5.92 Å². The van der Waals surface area contributed by atoms with Gasteiger partial charge in [0, 0.05) is 12.3 Å². The molecule has 0 aliphatic heterocycles. The van der Waals surface area contributed by atoms with Crippen molar-refractivity contribution in [1.82, 2.24) is 0 Å². The molecule has 1 amide bonds. The number of aliphatic hydroxyl groups excluding tert-OH is 1. The van der Waals surface area contributed by atoms with E-state index in [-0.39, 0.29) is 18.4 Å². The number of anilines is 1. The highest BCUT2D eigenvalue weighted by molar-refractivity contribution is 5.97. The molecule has 0 saturated heterocycles. The molecule has 0 heterocycles. The van der Waals surface area contributed by atoms with Crippen LogP contribution < -0.4 is 5.32 Å². The molecule has 2 N–H and O–H groups in total. The SMILES string of the molecule is O=C(Nc1ccc(CCO)cc1)C1Cc2ccccc21. The Kier molecular flexibility index (Phi) is 3.52. The second-order valence-corrected chi connectivity index (χ2v) is 5.12. The second-order valence-electron chi connectivity index (χ2n) is 5.12. The van der Waals surface area contributed by atoms with E-state index in [1.165, 1.54) is 5.56 Å². The number of benzene rings is 2. The molecule has 3 rings (SSSR count). The predicted molar refractivity (Wildman–Crippen MR) is 78.7 cm³/mol. The van der Waals surface area contributed by atoms with Gasteiger partial charge in [-0.15, -0.1) is 0 Å². The van der Waals surface area contributed by atoms with Crippen molar-refractivity contribution in [2.45, 2.75) is 18.8 Å². The Bertz CT molecular complexity index is 619. The van der Waals surface area contributed by atoms with Crippen LogP contribution in [0.1, 0.15) is 22.6 Å². The van der Waals surface area contributed by atoms with Crippen LogP contribution in [0.25, 0.3) is 0 Å². The summed E-state index contributed by atoms with van der Waals surface area (Å²) in [4.78, 5) is 12.2. The van der Waals surface area contributed by atoms with Gasteiger partial charge in [0.1, 0.15) is 0 Å². The van der Waals surface area contributed by atoms with Gasteiger partial charge < -0.3 is 10.4 Å². The topological polar surface area (TPSA) is 49.3 Å². The average molecular weight is 267 g/mol. The van der Waals surface area contributed by atoms with Crippen LogP contribution in [0.4, 0.5) is 5.69 Å². The first-order chi connectivity index (χ1) is 9.78. The predicted octanol–water partition coefficient (Wildman–Crippen LogP) is 2.50. The normalized spacial score (nSPS) is 16.1. The fourth-order valence-electron chi connectivity index (χ4n) is 2.61. The number of carbonyl (C=O) groups is 1. The highest BCUT2D eigenvalue weighted by atomic mass is 16.2. The van der Waals surface area contributed by atoms with Crippen molar-refractivity contribution in [3.05, 3.63) is 65.2 Å². The van der Waals surface area contributed by atoms with Crippen LogP contribution in [0.2, 0.25) is 0 Å². The van der Waals surface area contributed by atoms with Crippen molar-refractivity contribution in [2.24, 2.45) is 0 Å². The quantitative estimate of drug-likeness (QED) is 0.894. The smallest absolute Gasteiger partial charge is 0.232 e. The van der Waals surface area contributed by atoms with Crippen LogP contribution in [-0.4, -0.2) is 17.6 Å². The fourth-order valence-corrected chi connectivity index (χ4v) is 2.61. The summed E-state index contributed by atoms with van der Waals surface area (Å²) in [5.74, 6) is 0.0296. The Balaban J connectivity index is 1.65. The maximum absolute atomic E-state index is 12.2. The Morgan fingerprint density at radius 2 is 1.90 bits per heavy atom. The second kappa shape index (κ2) is 5.47. The van der Waals surface area contributed by atoms with Gasteiger partial charge in [0.15, 0.2) is 0 Å². The van der Waals surface area contributed by atoms with Crippen LogP contribution in [0.3, 0.4) is 0 Å². The number of fused-ring (bicyclic) bond motifs is 1. The molecular formula is C17H17NO2. The molecule has 0 saturated carbocycles. The summed E-state index contributed by atoms with van der Waals surface area (Å²) in [6.07, 6.45) is 1.47. The van der Waals surface area contributed by atoms with E-state index in [0.29, 0.717) is 6.42 Å². The van der Waals surface area contributed by atoms with E-state index in [1.54, 1.807) is 0 Å². The first-order valence-electron chi connectivity index (χ1n) is 6.86. The first kappa shape index (κ1) is 12.9. The van der Waals surface area contributed by atoms with Crippen LogP contribution >= 0.6 is 0 Å². The van der Waals surface area contributed by atoms with Crippen LogP contribution in [0, 0.1) is 0 Å². The molecular weight excluding hydrogens is 250 g/mol. The standard InChI is InChI=1S/C17H17NO2/c19-10-9-12-5-7-14(8-6-12)18-17(20)16-11-13-3-1-2-4-15(13)16/h1-8,16,19H,9-11H2,(H,18,20). The van der Waals surface area contributed by atoms with Crippen LogP contribution in [-0.2, 0) is 17.6 Å². The minimum atomic E-state index is -0.0247. The molecule has 0 aromatic heterocycles. The monoisotopic (exact) mass is 267 g/mol. The molecule has 102 valence electrons. The van der Waals surface area contributed by atoms with Gasteiger partial charge in [-0.3, -0.25) is 4.79 Å². The van der Waals surface area contributed by atoms with Crippen LogP contribution in [0.5, 0.6) is 0 Å². The molecule has 1 atom stereocenters. The molecule has 0 spiro atoms. The zero-order chi connectivity index (χ0) is 13.9. The average Bonchev–Trinajstić information content (AvgIpc) is 2.43. The lowest BCUT2D eigenvalue weighted by molar-refractivity contribution is -0.118. The molecule has 1 unspecified atom stereocenters. The summed E-state index contributed by atoms with van der Waals surface area (Å²) in [6.45, 7) is 0.143. The van der Waals surface area contributed by atoms with Gasteiger partial charge in [-0.25, -0.2) is 0 Å². The van der Waals surface area contributed by atoms with Crippen molar-refractivity contribution < 1.29 is 9.90 Å². The third-order valence-corrected chi connectivity index (χ3v) is 3.79. The van der Waals surface area contributed by atoms with E-state index in [9.17, 15) is 4.79 Å². The molecule has 0 bridgehead atoms. The van der Waals surface area contributed by atoms with Gasteiger partial charge in [-0.05, 0) is 41.7 Å². The van der Waals surface area contributed by atoms with Crippen molar-refractivity contribution in [2.75, 3.05) is 11.9 Å². The van der Waals surface area contributed by atoms with Gasteiger partial charge in [-0.2, -0.15) is 0 Å². The van der Waals surface area contributed by atoms with Gasteiger partial charge in [-0.1, -0.05) is 36.4 Å². The third-order valence-electron chi connectivity index (χ3n) is 3.79. The van der Waals surface area contributed by atoms with E-state index < -0.39 is 0 Å². The Hall–Kier alpha value is -2.13. The molecule has 20 heavy (non-hydrogen) atoms. The molecule has 1 aliphatic carbocycles. The van der Waals surface area contributed by atoms with Crippen molar-refractivity contribution >= 4 is 11.6 Å². The minimum absolute atomic E-state index is 0.0247. The summed E-state index contributed by atoms with van der Waals surface area (Å²) < 4.78 is 0. The summed E-state index contributed by atoms with van der Waals surface area (Å²) in [7, 11) is 0. The fraction of sp³-hybridized carbons (Fsp3) is 0.235. The largest absolute Gasteiger partial charge is 0.396 e. The summed E-state index contributed by atoms with van der Waals surface area (Å²) in [5.41, 5.74) is 4.29. The highest BCUT2D eigenvalue weighted by Gasteiger charge is 2.31. The molecule has 3 nitrogen and oxygen atoms in total. The zero-order valence-corrected chi connectivity index (χ0v) is 11.2. The number of aliphatic hydroxyl groups is 1. The van der Waals surface area contributed by atoms with Crippen molar-refractivity contribution in [3.63, 3.8) is 0 Å². The lowest BCUT2D eigenvalue weighted by Crippen LogP contribution is -2.30. The molecule has 3 heteroatoms. The summed E-state index contributed by atoms with van der Waals surface area (Å²) >= 11 is 0. The maximum Gasteiger partial charge on any atom is 0.232 e. The minimum Gasteiger partial charge on any atom is -0.396 e. The number of nitrogens with one attached hydrogen (secondary N) is 1. The molecule has 1 aliphatic rings. The summed E-state index contributed by atoms with van der Waals surface area (Å²) in [6, 6.07) is 15.7. The highest BCUT2D eigenvalue weighted by Crippen LogP contribution is 2.35. The number of amides is 1. The molecule has 0 radical (unpaired) electrons. The summed E-state index contributed by atoms with van der Waals surface area (Å²) in [5, 5.41) is 11.8. The Morgan fingerprint density at radius 3 is 2.60 bits per heavy atom. The molecule has 0 fully saturated rings. The van der Waals surface area contributed by atoms with Crippen molar-refractivity contribution in [1.29, 1.82) is 0 Å². The van der Waals surface area contributed by atoms with E-state index in [2.05, 4.69) is 11.4 Å². The zero-order valence-electron chi connectivity index (χ0n) is 11.2. The lowest BCUT2D eigenvalue weighted by Gasteiger charge is -2.28. The van der Waals surface area contributed by atoms with E-state index in [4.69, 9.17) is 5.11 Å². The number of rotatable bonds is 4. The number of carbonyl (C=O) groups excluding carboxylic acids is 1. The van der Waals surface area contributed by atoms with Crippen LogP contribution in [0.15, 0.2) is 48.5 Å². The molecule has 2 aromatic rings. The number of hydrogen-bond donors (Lipinski definition) is 2. The lowest BCUT2D eigenvalue weighted by atomic mass is 9.77. The number of hydrogen-bond acceptors (Lipinski definition) is 2. The van der Waals surface area contributed by atoms with E-state index >= 15 is 0 Å². The first-order valence-corrected chi connectivity index (χ1v) is 6.86. The Labute approximate surface area is 118 Å². The molecule has 2 aromatic carbocycles. The van der Waals surface area contributed by atoms with Gasteiger partial charge in [0.25, 0.3) is 0 Å².